The van der Waals surface area contributed by atoms with Gasteiger partial charge in [0.1, 0.15) is 6.10 Å². The molecule has 0 aromatic heterocycles. The number of hydrogen-bond donors (Lipinski definition) is 1. The number of carbonyl (C=O) groups excluding carboxylic acids is 1. The quantitative estimate of drug-likeness (QED) is 0.672. The number of esters is 1. The Hall–Kier alpha value is -1.39. The summed E-state index contributed by atoms with van der Waals surface area (Å²) in [5.74, 6) is 0.339. The first-order valence-electron chi connectivity index (χ1n) is 8.52. The lowest BCUT2D eigenvalue weighted by molar-refractivity contribution is -0.158. The highest BCUT2D eigenvalue weighted by Gasteiger charge is 2.29. The van der Waals surface area contributed by atoms with Crippen molar-refractivity contribution in [3.8, 4) is 0 Å². The van der Waals surface area contributed by atoms with E-state index in [4.69, 9.17) is 15.2 Å². The van der Waals surface area contributed by atoms with Crippen LogP contribution >= 0.6 is 0 Å². The van der Waals surface area contributed by atoms with Crippen LogP contribution in [0, 0.1) is 11.8 Å². The van der Waals surface area contributed by atoms with Crippen LogP contribution in [0.4, 0.5) is 0 Å². The highest BCUT2D eigenvalue weighted by molar-refractivity contribution is 5.71. The minimum atomic E-state index is -0.384. The first-order valence-corrected chi connectivity index (χ1v) is 8.52. The maximum atomic E-state index is 11.5. The number of carbonyl (C=O) groups is 1. The van der Waals surface area contributed by atoms with Gasteiger partial charge in [0.25, 0.3) is 0 Å². The van der Waals surface area contributed by atoms with E-state index in [0.29, 0.717) is 12.5 Å². The van der Waals surface area contributed by atoms with Gasteiger partial charge in [-0.3, -0.25) is 4.79 Å². The Morgan fingerprint density at radius 2 is 1.83 bits per heavy atom. The lowest BCUT2D eigenvalue weighted by Crippen LogP contribution is -2.40. The van der Waals surface area contributed by atoms with Crippen LogP contribution in [0.1, 0.15) is 39.7 Å². The van der Waals surface area contributed by atoms with Crippen LogP contribution < -0.4 is 5.73 Å². The van der Waals surface area contributed by atoms with Crippen LogP contribution in [0.2, 0.25) is 0 Å². The average molecular weight is 321 g/mol. The zero-order valence-electron chi connectivity index (χ0n) is 14.8. The molecule has 4 heteroatoms. The summed E-state index contributed by atoms with van der Waals surface area (Å²) >= 11 is 0. The minimum Gasteiger partial charge on any atom is -0.459 e. The molecule has 0 radical (unpaired) electrons. The smallest absolute Gasteiger partial charge is 0.320 e. The first kappa shape index (κ1) is 19.7. The zero-order valence-corrected chi connectivity index (χ0v) is 14.8. The Morgan fingerprint density at radius 1 is 1.17 bits per heavy atom. The number of nitrogens with two attached hydrogens (primary N) is 1. The van der Waals surface area contributed by atoms with E-state index < -0.39 is 0 Å². The van der Waals surface area contributed by atoms with Crippen LogP contribution in [0.25, 0.3) is 0 Å². The topological polar surface area (TPSA) is 61.5 Å². The molecular weight excluding hydrogens is 290 g/mol. The van der Waals surface area contributed by atoms with Gasteiger partial charge in [-0.2, -0.15) is 0 Å². The van der Waals surface area contributed by atoms with Crippen LogP contribution in [-0.4, -0.2) is 31.3 Å². The summed E-state index contributed by atoms with van der Waals surface area (Å²) < 4.78 is 11.5. The van der Waals surface area contributed by atoms with Crippen molar-refractivity contribution in [2.45, 2.75) is 52.7 Å². The Labute approximate surface area is 140 Å². The molecule has 4 nitrogen and oxygen atoms in total. The van der Waals surface area contributed by atoms with Gasteiger partial charge in [-0.15, -0.1) is 0 Å². The predicted molar refractivity (Wildman–Crippen MR) is 93.1 cm³/mol. The highest BCUT2D eigenvalue weighted by Crippen LogP contribution is 2.23. The van der Waals surface area contributed by atoms with Crippen LogP contribution in [0.5, 0.6) is 0 Å². The van der Waals surface area contributed by atoms with Gasteiger partial charge in [0, 0.05) is 6.61 Å². The highest BCUT2D eigenvalue weighted by atomic mass is 16.6. The Balaban J connectivity index is 2.82. The first-order chi connectivity index (χ1) is 11.0. The fraction of sp³-hybridized carbons (Fsp3) is 0.632. The molecule has 3 atom stereocenters. The van der Waals surface area contributed by atoms with Crippen LogP contribution in [-0.2, 0) is 20.7 Å². The summed E-state index contributed by atoms with van der Waals surface area (Å²) in [7, 11) is 0. The molecule has 1 aromatic carbocycles. The van der Waals surface area contributed by atoms with Gasteiger partial charge >= 0.3 is 5.97 Å². The minimum absolute atomic E-state index is 0.100. The molecule has 0 bridgehead atoms. The average Bonchev–Trinajstić information content (AvgIpc) is 2.54. The van der Waals surface area contributed by atoms with Crippen LogP contribution in [0.15, 0.2) is 30.3 Å². The largest absolute Gasteiger partial charge is 0.459 e. The summed E-state index contributed by atoms with van der Waals surface area (Å²) in [6.07, 6.45) is 1.43. The van der Waals surface area contributed by atoms with Crippen molar-refractivity contribution < 1.29 is 14.3 Å². The predicted octanol–water partition coefficient (Wildman–Crippen LogP) is 3.19. The van der Waals surface area contributed by atoms with Gasteiger partial charge in [0.15, 0.2) is 0 Å². The van der Waals surface area contributed by atoms with Crippen molar-refractivity contribution in [1.29, 1.82) is 0 Å². The number of ether oxygens (including phenoxy) is 2. The second kappa shape index (κ2) is 10.4. The van der Waals surface area contributed by atoms with E-state index in [1.807, 2.05) is 25.1 Å². The second-order valence-corrected chi connectivity index (χ2v) is 6.45. The Kier molecular flexibility index (Phi) is 8.89. The molecular formula is C19H31NO3. The number of benzene rings is 1. The van der Waals surface area contributed by atoms with Crippen molar-refractivity contribution in [2.75, 3.05) is 13.2 Å². The van der Waals surface area contributed by atoms with E-state index in [9.17, 15) is 4.79 Å². The Bertz CT molecular complexity index is 447. The third kappa shape index (κ3) is 7.14. The summed E-state index contributed by atoms with van der Waals surface area (Å²) in [5, 5.41) is 0. The molecule has 0 aliphatic rings. The molecule has 0 amide bonds. The van der Waals surface area contributed by atoms with E-state index in [2.05, 4.69) is 32.9 Å². The molecule has 130 valence electrons. The summed E-state index contributed by atoms with van der Waals surface area (Å²) in [6, 6.07) is 10.4. The molecule has 0 heterocycles. The van der Waals surface area contributed by atoms with Crippen molar-refractivity contribution in [1.82, 2.24) is 0 Å². The van der Waals surface area contributed by atoms with E-state index >= 15 is 0 Å². The monoisotopic (exact) mass is 321 g/mol. The van der Waals surface area contributed by atoms with E-state index in [1.165, 1.54) is 5.56 Å². The lowest BCUT2D eigenvalue weighted by atomic mass is 9.89. The van der Waals surface area contributed by atoms with Crippen LogP contribution in [0.3, 0.4) is 0 Å². The standard InChI is InChI=1S/C19H31NO3/c1-5-17(11-16-9-7-6-8-10-16)19(22-13-14(2)3)15(4)23-18(21)12-20/h6-10,14-15,17,19H,5,11-13,20H2,1-4H3/t15-,17+,19-/m0/s1. The van der Waals surface area contributed by atoms with Crippen molar-refractivity contribution >= 4 is 5.97 Å². The van der Waals surface area contributed by atoms with Gasteiger partial charge in [-0.1, -0.05) is 57.5 Å². The molecule has 2 N–H and O–H groups in total. The molecule has 1 rings (SSSR count). The second-order valence-electron chi connectivity index (χ2n) is 6.45. The molecule has 23 heavy (non-hydrogen) atoms. The number of hydrogen-bond acceptors (Lipinski definition) is 4. The van der Waals surface area contributed by atoms with Crippen molar-refractivity contribution in [2.24, 2.45) is 17.6 Å². The van der Waals surface area contributed by atoms with Gasteiger partial charge in [-0.25, -0.2) is 0 Å². The lowest BCUT2D eigenvalue weighted by Gasteiger charge is -2.32. The maximum Gasteiger partial charge on any atom is 0.320 e. The Morgan fingerprint density at radius 3 is 2.35 bits per heavy atom. The maximum absolute atomic E-state index is 11.5. The van der Waals surface area contributed by atoms with Gasteiger partial charge in [0.05, 0.1) is 12.6 Å². The number of rotatable bonds is 10. The fourth-order valence-corrected chi connectivity index (χ4v) is 2.69. The molecule has 0 spiro atoms. The van der Waals surface area contributed by atoms with Crippen molar-refractivity contribution in [3.63, 3.8) is 0 Å². The SMILES string of the molecule is CC[C@H](Cc1ccccc1)[C@@H](OCC(C)C)[C@H](C)OC(=O)CN. The van der Waals surface area contributed by atoms with Crippen molar-refractivity contribution in [3.05, 3.63) is 35.9 Å². The molecule has 0 unspecified atom stereocenters. The molecule has 0 aliphatic carbocycles. The summed E-state index contributed by atoms with van der Waals surface area (Å²) in [6.45, 7) is 8.83. The van der Waals surface area contributed by atoms with Gasteiger partial charge < -0.3 is 15.2 Å². The fourth-order valence-electron chi connectivity index (χ4n) is 2.69. The molecule has 0 saturated carbocycles. The molecule has 1 aromatic rings. The molecule has 0 aliphatic heterocycles. The third-order valence-corrected chi connectivity index (χ3v) is 3.90. The third-order valence-electron chi connectivity index (χ3n) is 3.90. The van der Waals surface area contributed by atoms with E-state index in [1.54, 1.807) is 0 Å². The summed E-state index contributed by atoms with van der Waals surface area (Å²) in [5.41, 5.74) is 6.63. The zero-order chi connectivity index (χ0) is 17.2. The summed E-state index contributed by atoms with van der Waals surface area (Å²) in [4.78, 5) is 11.5. The van der Waals surface area contributed by atoms with Gasteiger partial charge in [0.2, 0.25) is 0 Å². The molecule has 0 fully saturated rings. The molecule has 0 saturated heterocycles. The van der Waals surface area contributed by atoms with Gasteiger partial charge in [-0.05, 0) is 30.7 Å². The van der Waals surface area contributed by atoms with E-state index in [-0.39, 0.29) is 30.6 Å². The normalized spacial score (nSPS) is 15.2. The van der Waals surface area contributed by atoms with E-state index in [0.717, 1.165) is 12.8 Å².